The third-order valence-electron chi connectivity index (χ3n) is 3.41. The van der Waals surface area contributed by atoms with Crippen LogP contribution in [0.1, 0.15) is 18.4 Å². The first-order chi connectivity index (χ1) is 7.58. The predicted octanol–water partition coefficient (Wildman–Crippen LogP) is 2.03. The molecule has 1 saturated carbocycles. The van der Waals surface area contributed by atoms with E-state index in [2.05, 4.69) is 0 Å². The lowest BCUT2D eigenvalue weighted by molar-refractivity contribution is -0.149. The number of carboxylic acid groups (broad SMARTS) is 1. The van der Waals surface area contributed by atoms with Gasteiger partial charge in [-0.15, -0.1) is 0 Å². The molecular weight excluding hydrogens is 226 g/mol. The quantitative estimate of drug-likeness (QED) is 0.849. The summed E-state index contributed by atoms with van der Waals surface area (Å²) in [6, 6.07) is 7.06. The molecule has 0 atom stereocenters. The molecule has 1 aliphatic carbocycles. The van der Waals surface area contributed by atoms with Gasteiger partial charge in [0.25, 0.3) is 0 Å². The van der Waals surface area contributed by atoms with E-state index in [1.807, 2.05) is 0 Å². The van der Waals surface area contributed by atoms with Crippen LogP contribution in [-0.4, -0.2) is 17.6 Å². The number of carboxylic acids is 1. The molecule has 1 aromatic rings. The second kappa shape index (κ2) is 4.07. The molecule has 0 aliphatic heterocycles. The van der Waals surface area contributed by atoms with E-state index >= 15 is 0 Å². The van der Waals surface area contributed by atoms with E-state index in [0.29, 0.717) is 30.3 Å². The highest BCUT2D eigenvalue weighted by Gasteiger charge is 2.50. The van der Waals surface area contributed by atoms with E-state index < -0.39 is 11.4 Å². The van der Waals surface area contributed by atoms with Crippen LogP contribution in [0.4, 0.5) is 0 Å². The summed E-state index contributed by atoms with van der Waals surface area (Å²) in [5, 5.41) is 9.97. The van der Waals surface area contributed by atoms with E-state index in [1.165, 1.54) is 0 Å². The molecule has 4 heteroatoms. The van der Waals surface area contributed by atoms with Crippen LogP contribution in [0.15, 0.2) is 24.3 Å². The number of aliphatic carboxylic acids is 1. The van der Waals surface area contributed by atoms with E-state index in [-0.39, 0.29) is 0 Å². The molecule has 1 fully saturated rings. The number of halogens is 1. The smallest absolute Gasteiger partial charge is 0.314 e. The molecule has 0 aromatic heterocycles. The van der Waals surface area contributed by atoms with E-state index in [4.69, 9.17) is 17.3 Å². The Bertz CT molecular complexity index is 396. The largest absolute Gasteiger partial charge is 0.481 e. The normalized spacial score (nSPS) is 28.5. The second-order valence-electron chi connectivity index (χ2n) is 4.40. The second-order valence-corrected chi connectivity index (χ2v) is 4.84. The maximum atomic E-state index is 11.4. The van der Waals surface area contributed by atoms with Crippen LogP contribution in [0.5, 0.6) is 0 Å². The maximum absolute atomic E-state index is 11.4. The van der Waals surface area contributed by atoms with Crippen molar-refractivity contribution in [2.45, 2.75) is 18.3 Å². The van der Waals surface area contributed by atoms with Gasteiger partial charge in [0.15, 0.2) is 0 Å². The highest BCUT2D eigenvalue weighted by molar-refractivity contribution is 6.30. The van der Waals surface area contributed by atoms with E-state index in [1.54, 1.807) is 24.3 Å². The molecule has 2 rings (SSSR count). The summed E-state index contributed by atoms with van der Waals surface area (Å²) >= 11 is 5.79. The Morgan fingerprint density at radius 2 is 2.00 bits per heavy atom. The Kier molecular flexibility index (Phi) is 2.91. The molecule has 0 bridgehead atoms. The fourth-order valence-electron chi connectivity index (χ4n) is 2.40. The first kappa shape index (κ1) is 11.4. The molecule has 86 valence electrons. The van der Waals surface area contributed by atoms with Crippen LogP contribution in [0.2, 0.25) is 5.02 Å². The summed E-state index contributed by atoms with van der Waals surface area (Å²) in [6.07, 6.45) is 1.25. The molecule has 1 aromatic carbocycles. The van der Waals surface area contributed by atoms with Crippen molar-refractivity contribution >= 4 is 17.6 Å². The zero-order chi connectivity index (χ0) is 11.8. The van der Waals surface area contributed by atoms with Gasteiger partial charge >= 0.3 is 5.97 Å². The molecule has 0 heterocycles. The van der Waals surface area contributed by atoms with Crippen LogP contribution in [0, 0.1) is 5.92 Å². The fraction of sp³-hybridized carbons (Fsp3) is 0.417. The van der Waals surface area contributed by atoms with Crippen molar-refractivity contribution in [3.05, 3.63) is 34.9 Å². The average Bonchev–Trinajstić information content (AvgIpc) is 2.19. The summed E-state index contributed by atoms with van der Waals surface area (Å²) in [6.45, 7) is 0.558. The van der Waals surface area contributed by atoms with Gasteiger partial charge in [-0.05, 0) is 43.0 Å². The Morgan fingerprint density at radius 3 is 2.44 bits per heavy atom. The van der Waals surface area contributed by atoms with Crippen molar-refractivity contribution in [3.8, 4) is 0 Å². The van der Waals surface area contributed by atoms with Crippen molar-refractivity contribution in [1.29, 1.82) is 0 Å². The molecule has 0 saturated heterocycles. The van der Waals surface area contributed by atoms with Gasteiger partial charge in [0.1, 0.15) is 0 Å². The Morgan fingerprint density at radius 1 is 1.44 bits per heavy atom. The molecule has 0 spiro atoms. The van der Waals surface area contributed by atoms with Crippen molar-refractivity contribution in [2.75, 3.05) is 6.54 Å². The number of hydrogen-bond donors (Lipinski definition) is 2. The maximum Gasteiger partial charge on any atom is 0.314 e. The van der Waals surface area contributed by atoms with Gasteiger partial charge < -0.3 is 10.8 Å². The summed E-state index contributed by atoms with van der Waals surface area (Å²) in [5.74, 6) is -0.439. The standard InChI is InChI=1S/C12H14ClNO2/c13-10-3-1-9(2-4-10)12(11(15)16)5-8(6-12)7-14/h1-4,8H,5-7,14H2,(H,15,16). The minimum atomic E-state index is -0.764. The van der Waals surface area contributed by atoms with Gasteiger partial charge in [0.2, 0.25) is 0 Å². The summed E-state index contributed by atoms with van der Waals surface area (Å²) in [5.41, 5.74) is 5.63. The highest BCUT2D eigenvalue weighted by atomic mass is 35.5. The van der Waals surface area contributed by atoms with Gasteiger partial charge in [-0.1, -0.05) is 23.7 Å². The fourth-order valence-corrected chi connectivity index (χ4v) is 2.52. The SMILES string of the molecule is NCC1CC(C(=O)O)(c2ccc(Cl)cc2)C1. The van der Waals surface area contributed by atoms with Gasteiger partial charge in [0, 0.05) is 5.02 Å². The predicted molar refractivity (Wildman–Crippen MR) is 62.5 cm³/mol. The molecule has 0 unspecified atom stereocenters. The molecule has 16 heavy (non-hydrogen) atoms. The minimum Gasteiger partial charge on any atom is -0.481 e. The van der Waals surface area contributed by atoms with Gasteiger partial charge in [0.05, 0.1) is 5.41 Å². The Labute approximate surface area is 99.2 Å². The molecular formula is C12H14ClNO2. The first-order valence-corrected chi connectivity index (χ1v) is 5.66. The minimum absolute atomic E-state index is 0.326. The van der Waals surface area contributed by atoms with E-state index in [9.17, 15) is 9.90 Å². The van der Waals surface area contributed by atoms with Gasteiger partial charge in [-0.3, -0.25) is 4.79 Å². The van der Waals surface area contributed by atoms with Crippen molar-refractivity contribution in [3.63, 3.8) is 0 Å². The van der Waals surface area contributed by atoms with Crippen molar-refractivity contribution in [2.24, 2.45) is 11.7 Å². The Balaban J connectivity index is 2.28. The Hall–Kier alpha value is -1.06. The van der Waals surface area contributed by atoms with Crippen LogP contribution < -0.4 is 5.73 Å². The average molecular weight is 240 g/mol. The molecule has 0 amide bonds. The third kappa shape index (κ3) is 1.70. The molecule has 0 radical (unpaired) electrons. The molecule has 3 nitrogen and oxygen atoms in total. The number of hydrogen-bond acceptors (Lipinski definition) is 2. The highest BCUT2D eigenvalue weighted by Crippen LogP contribution is 2.47. The first-order valence-electron chi connectivity index (χ1n) is 5.28. The van der Waals surface area contributed by atoms with E-state index in [0.717, 1.165) is 5.56 Å². The molecule has 3 N–H and O–H groups in total. The lowest BCUT2D eigenvalue weighted by Gasteiger charge is -2.44. The zero-order valence-electron chi connectivity index (χ0n) is 8.82. The number of rotatable bonds is 3. The number of carbonyl (C=O) groups is 1. The van der Waals surface area contributed by atoms with Crippen molar-refractivity contribution in [1.82, 2.24) is 0 Å². The number of nitrogens with two attached hydrogens (primary N) is 1. The lowest BCUT2D eigenvalue weighted by Crippen LogP contribution is -2.49. The summed E-state index contributed by atoms with van der Waals surface area (Å²) in [7, 11) is 0. The van der Waals surface area contributed by atoms with Crippen LogP contribution in [0.3, 0.4) is 0 Å². The van der Waals surface area contributed by atoms with Crippen LogP contribution in [-0.2, 0) is 10.2 Å². The van der Waals surface area contributed by atoms with Gasteiger partial charge in [-0.2, -0.15) is 0 Å². The zero-order valence-corrected chi connectivity index (χ0v) is 9.57. The van der Waals surface area contributed by atoms with Crippen LogP contribution in [0.25, 0.3) is 0 Å². The topological polar surface area (TPSA) is 63.3 Å². The monoisotopic (exact) mass is 239 g/mol. The van der Waals surface area contributed by atoms with Gasteiger partial charge in [-0.25, -0.2) is 0 Å². The third-order valence-corrected chi connectivity index (χ3v) is 3.67. The lowest BCUT2D eigenvalue weighted by atomic mass is 9.58. The summed E-state index contributed by atoms with van der Waals surface area (Å²) in [4.78, 5) is 11.4. The van der Waals surface area contributed by atoms with Crippen molar-refractivity contribution < 1.29 is 9.90 Å². The summed E-state index contributed by atoms with van der Waals surface area (Å²) < 4.78 is 0. The molecule has 1 aliphatic rings. The number of benzene rings is 1. The van der Waals surface area contributed by atoms with Crippen LogP contribution >= 0.6 is 11.6 Å².